The lowest BCUT2D eigenvalue weighted by molar-refractivity contribution is -0.118. The van der Waals surface area contributed by atoms with Gasteiger partial charge < -0.3 is 5.32 Å². The third kappa shape index (κ3) is 4.26. The van der Waals surface area contributed by atoms with Gasteiger partial charge in [-0.25, -0.2) is 0 Å². The average Bonchev–Trinajstić information content (AvgIpc) is 2.95. The summed E-state index contributed by atoms with van der Waals surface area (Å²) in [6.45, 7) is 11.0. The van der Waals surface area contributed by atoms with Crippen molar-refractivity contribution in [3.05, 3.63) is 42.5 Å². The fourth-order valence-electron chi connectivity index (χ4n) is 2.22. The Morgan fingerprint density at radius 3 is 2.50 bits per heavy atom. The van der Waals surface area contributed by atoms with E-state index in [0.29, 0.717) is 17.5 Å². The number of carbonyl (C=O) groups excluding carboxylic acids is 1. The van der Waals surface area contributed by atoms with Crippen LogP contribution in [-0.4, -0.2) is 33.5 Å². The number of benzene rings is 1. The molecule has 0 radical (unpaired) electrons. The van der Waals surface area contributed by atoms with Crippen molar-refractivity contribution in [3.8, 4) is 11.4 Å². The number of hydrogen-bond acceptors (Lipinski definition) is 4. The highest BCUT2D eigenvalue weighted by Crippen LogP contribution is 2.27. The topological polar surface area (TPSA) is 59.8 Å². The highest BCUT2D eigenvalue weighted by atomic mass is 32.2. The summed E-state index contributed by atoms with van der Waals surface area (Å²) >= 11 is 1.37. The minimum absolute atomic E-state index is 0.0377. The van der Waals surface area contributed by atoms with Crippen molar-refractivity contribution < 1.29 is 4.79 Å². The maximum Gasteiger partial charge on any atom is 0.230 e. The zero-order valence-electron chi connectivity index (χ0n) is 14.7. The van der Waals surface area contributed by atoms with E-state index in [4.69, 9.17) is 0 Å². The van der Waals surface area contributed by atoms with Gasteiger partial charge in [-0.3, -0.25) is 9.36 Å². The molecule has 0 aliphatic rings. The van der Waals surface area contributed by atoms with E-state index in [1.807, 2.05) is 4.57 Å². The van der Waals surface area contributed by atoms with E-state index in [-0.39, 0.29) is 11.3 Å². The second-order valence-corrected chi connectivity index (χ2v) is 7.44. The van der Waals surface area contributed by atoms with E-state index in [2.05, 4.69) is 67.1 Å². The molecule has 0 saturated carbocycles. The molecule has 0 saturated heterocycles. The minimum atomic E-state index is -0.0377. The summed E-state index contributed by atoms with van der Waals surface area (Å²) in [5, 5.41) is 11.9. The molecule has 1 amide bonds. The van der Waals surface area contributed by atoms with Crippen molar-refractivity contribution in [2.24, 2.45) is 0 Å². The van der Waals surface area contributed by atoms with E-state index < -0.39 is 0 Å². The number of thioether (sulfide) groups is 1. The molecule has 1 N–H and O–H groups in total. The largest absolute Gasteiger partial charge is 0.358 e. The fraction of sp³-hybridized carbons (Fsp3) is 0.389. The number of rotatable bonds is 6. The maximum atomic E-state index is 11.5. The number of nitrogens with zero attached hydrogens (tertiary/aromatic N) is 3. The van der Waals surface area contributed by atoms with Crippen LogP contribution in [0.1, 0.15) is 26.3 Å². The number of carbonyl (C=O) groups is 1. The van der Waals surface area contributed by atoms with Crippen LogP contribution in [0.15, 0.2) is 42.1 Å². The summed E-state index contributed by atoms with van der Waals surface area (Å²) in [6, 6.07) is 8.38. The van der Waals surface area contributed by atoms with Gasteiger partial charge in [0.05, 0.1) is 5.75 Å². The number of aromatic nitrogens is 3. The van der Waals surface area contributed by atoms with Gasteiger partial charge in [0, 0.05) is 19.2 Å². The SMILES string of the molecule is C=CCn1c(SCC(=O)NC)nnc1-c1ccc(C(C)(C)C)cc1. The van der Waals surface area contributed by atoms with E-state index in [1.54, 1.807) is 13.1 Å². The molecule has 0 fully saturated rings. The van der Waals surface area contributed by atoms with Crippen LogP contribution in [-0.2, 0) is 16.8 Å². The summed E-state index contributed by atoms with van der Waals surface area (Å²) < 4.78 is 1.98. The molecule has 0 unspecified atom stereocenters. The van der Waals surface area contributed by atoms with Gasteiger partial charge in [0.1, 0.15) is 0 Å². The lowest BCUT2D eigenvalue weighted by Gasteiger charge is -2.19. The van der Waals surface area contributed by atoms with Crippen LogP contribution in [0.3, 0.4) is 0 Å². The first-order valence-corrected chi connectivity index (χ1v) is 8.83. The Kier molecular flexibility index (Phi) is 5.83. The lowest BCUT2D eigenvalue weighted by atomic mass is 9.87. The Balaban J connectivity index is 2.31. The molecule has 1 aromatic carbocycles. The van der Waals surface area contributed by atoms with Crippen molar-refractivity contribution in [1.29, 1.82) is 0 Å². The second kappa shape index (κ2) is 7.66. The van der Waals surface area contributed by atoms with Crippen molar-refractivity contribution in [3.63, 3.8) is 0 Å². The molecule has 0 bridgehead atoms. The van der Waals surface area contributed by atoms with Gasteiger partial charge in [0.2, 0.25) is 5.91 Å². The minimum Gasteiger partial charge on any atom is -0.358 e. The fourth-order valence-corrected chi connectivity index (χ4v) is 3.04. The van der Waals surface area contributed by atoms with Crippen LogP contribution in [0, 0.1) is 0 Å². The lowest BCUT2D eigenvalue weighted by Crippen LogP contribution is -2.20. The summed E-state index contributed by atoms with van der Waals surface area (Å²) in [5.74, 6) is 1.06. The van der Waals surface area contributed by atoms with Crippen LogP contribution >= 0.6 is 11.8 Å². The van der Waals surface area contributed by atoms with Crippen LogP contribution in [0.2, 0.25) is 0 Å². The molecular weight excluding hydrogens is 320 g/mol. The zero-order valence-corrected chi connectivity index (χ0v) is 15.5. The van der Waals surface area contributed by atoms with E-state index >= 15 is 0 Å². The van der Waals surface area contributed by atoms with Crippen LogP contribution in [0.5, 0.6) is 0 Å². The van der Waals surface area contributed by atoms with E-state index in [9.17, 15) is 4.79 Å². The zero-order chi connectivity index (χ0) is 17.7. The molecule has 2 rings (SSSR count). The van der Waals surface area contributed by atoms with Gasteiger partial charge in [-0.15, -0.1) is 16.8 Å². The summed E-state index contributed by atoms with van der Waals surface area (Å²) in [5.41, 5.74) is 2.39. The Morgan fingerprint density at radius 2 is 1.96 bits per heavy atom. The first-order chi connectivity index (χ1) is 11.4. The van der Waals surface area contributed by atoms with Crippen molar-refractivity contribution in [2.45, 2.75) is 37.9 Å². The van der Waals surface area contributed by atoms with Crippen LogP contribution in [0.4, 0.5) is 0 Å². The summed E-state index contributed by atoms with van der Waals surface area (Å²) in [7, 11) is 1.62. The van der Waals surface area contributed by atoms with Crippen LogP contribution < -0.4 is 5.32 Å². The van der Waals surface area contributed by atoms with Gasteiger partial charge in [-0.2, -0.15) is 0 Å². The summed E-state index contributed by atoms with van der Waals surface area (Å²) in [4.78, 5) is 11.5. The van der Waals surface area contributed by atoms with Gasteiger partial charge in [0.25, 0.3) is 0 Å². The third-order valence-electron chi connectivity index (χ3n) is 3.65. The van der Waals surface area contributed by atoms with Gasteiger partial charge in [0.15, 0.2) is 11.0 Å². The predicted molar refractivity (Wildman–Crippen MR) is 99.1 cm³/mol. The molecule has 0 atom stereocenters. The quantitative estimate of drug-likeness (QED) is 0.645. The van der Waals surface area contributed by atoms with Gasteiger partial charge >= 0.3 is 0 Å². The molecule has 2 aromatic rings. The van der Waals surface area contributed by atoms with Gasteiger partial charge in [-0.1, -0.05) is 62.9 Å². The molecule has 6 heteroatoms. The second-order valence-electron chi connectivity index (χ2n) is 6.49. The first kappa shape index (κ1) is 18.3. The Morgan fingerprint density at radius 1 is 1.29 bits per heavy atom. The first-order valence-electron chi connectivity index (χ1n) is 7.85. The molecule has 128 valence electrons. The van der Waals surface area contributed by atoms with Crippen molar-refractivity contribution in [2.75, 3.05) is 12.8 Å². The molecule has 0 aliphatic carbocycles. The number of allylic oxidation sites excluding steroid dienone is 1. The van der Waals surface area contributed by atoms with Gasteiger partial charge in [-0.05, 0) is 11.0 Å². The summed E-state index contributed by atoms with van der Waals surface area (Å²) in [6.07, 6.45) is 1.81. The Bertz CT molecular complexity index is 714. The third-order valence-corrected chi connectivity index (χ3v) is 4.62. The predicted octanol–water partition coefficient (Wildman–Crippen LogP) is 3.27. The molecule has 5 nitrogen and oxygen atoms in total. The maximum absolute atomic E-state index is 11.5. The van der Waals surface area contributed by atoms with Crippen molar-refractivity contribution >= 4 is 17.7 Å². The average molecular weight is 344 g/mol. The number of amides is 1. The Labute approximate surface area is 147 Å². The number of nitrogens with one attached hydrogen (secondary N) is 1. The van der Waals surface area contributed by atoms with E-state index in [0.717, 1.165) is 11.4 Å². The number of hydrogen-bond donors (Lipinski definition) is 1. The van der Waals surface area contributed by atoms with E-state index in [1.165, 1.54) is 17.3 Å². The Hall–Kier alpha value is -2.08. The molecule has 24 heavy (non-hydrogen) atoms. The van der Waals surface area contributed by atoms with Crippen molar-refractivity contribution in [1.82, 2.24) is 20.1 Å². The molecule has 1 heterocycles. The molecule has 1 aromatic heterocycles. The smallest absolute Gasteiger partial charge is 0.230 e. The monoisotopic (exact) mass is 344 g/mol. The highest BCUT2D eigenvalue weighted by molar-refractivity contribution is 7.99. The molecular formula is C18H24N4OS. The molecule has 0 spiro atoms. The van der Waals surface area contributed by atoms with Crippen LogP contribution in [0.25, 0.3) is 11.4 Å². The standard InChI is InChI=1S/C18H24N4OS/c1-6-11-22-16(20-21-17(22)24-12-15(23)19-5)13-7-9-14(10-8-13)18(2,3)4/h6-10H,1,11-12H2,2-5H3,(H,19,23). The highest BCUT2D eigenvalue weighted by Gasteiger charge is 2.17. The normalized spacial score (nSPS) is 11.3. The molecule has 0 aliphatic heterocycles.